The number of anilines is 1. The predicted molar refractivity (Wildman–Crippen MR) is 131 cm³/mol. The number of H-pyrrole nitrogens is 1. The van der Waals surface area contributed by atoms with Crippen LogP contribution in [0.15, 0.2) is 36.4 Å². The molecule has 0 radical (unpaired) electrons. The number of aromatic amines is 1. The van der Waals surface area contributed by atoms with Crippen LogP contribution in [0, 0.1) is 11.7 Å². The number of rotatable bonds is 7. The maximum atomic E-state index is 13.2. The van der Waals surface area contributed by atoms with E-state index in [4.69, 9.17) is 21.7 Å². The van der Waals surface area contributed by atoms with Crippen LogP contribution in [0.4, 0.5) is 5.69 Å². The van der Waals surface area contributed by atoms with Crippen LogP contribution >= 0.6 is 12.2 Å². The van der Waals surface area contributed by atoms with E-state index in [1.165, 1.54) is 14.2 Å². The van der Waals surface area contributed by atoms with E-state index in [2.05, 4.69) is 15.5 Å². The maximum Gasteiger partial charge on any atom is 0.256 e. The highest BCUT2D eigenvalue weighted by atomic mass is 32.1. The highest BCUT2D eigenvalue weighted by Crippen LogP contribution is 2.34. The fourth-order valence-corrected chi connectivity index (χ4v) is 4.17. The monoisotopic (exact) mass is 481 g/mol. The van der Waals surface area contributed by atoms with Gasteiger partial charge < -0.3 is 19.7 Å². The molecule has 1 aliphatic rings. The Hall–Kier alpha value is -3.66. The molecule has 0 unspecified atom stereocenters. The molecule has 1 aliphatic heterocycles. The standard InChI is InChI=1S/C24H27N5O4S/c1-15-6-8-16(9-7-15)22-26-27-24(34)29(22)14-21(30)25-18-13-20(33-3)19(32-2)12-17(18)23(31)28-10-4-5-11-28/h6-9,12-13H,4-5,10-11,14H2,1-3H3,(H,25,30)(H,27,34). The van der Waals surface area contributed by atoms with Crippen LogP contribution in [-0.2, 0) is 11.3 Å². The van der Waals surface area contributed by atoms with Gasteiger partial charge in [-0.15, -0.1) is 0 Å². The van der Waals surface area contributed by atoms with Crippen LogP contribution in [0.5, 0.6) is 11.5 Å². The number of ether oxygens (including phenoxy) is 2. The van der Waals surface area contributed by atoms with Gasteiger partial charge in [0.1, 0.15) is 6.54 Å². The molecule has 1 aromatic heterocycles. The van der Waals surface area contributed by atoms with E-state index in [-0.39, 0.29) is 18.4 Å². The Balaban J connectivity index is 1.63. The van der Waals surface area contributed by atoms with Gasteiger partial charge in [0, 0.05) is 24.7 Å². The van der Waals surface area contributed by atoms with Gasteiger partial charge >= 0.3 is 0 Å². The number of hydrogen-bond donors (Lipinski definition) is 2. The highest BCUT2D eigenvalue weighted by Gasteiger charge is 2.25. The molecule has 1 saturated heterocycles. The summed E-state index contributed by atoms with van der Waals surface area (Å²) < 4.78 is 12.7. The lowest BCUT2D eigenvalue weighted by Crippen LogP contribution is -2.29. The lowest BCUT2D eigenvalue weighted by atomic mass is 10.1. The Labute approximate surface area is 202 Å². The van der Waals surface area contributed by atoms with Crippen molar-refractivity contribution in [2.24, 2.45) is 0 Å². The molecular formula is C24H27N5O4S. The number of amides is 2. The molecule has 0 spiro atoms. The Morgan fingerprint density at radius 3 is 2.38 bits per heavy atom. The summed E-state index contributed by atoms with van der Waals surface area (Å²) in [7, 11) is 3.01. The molecule has 2 aromatic carbocycles. The first kappa shape index (κ1) is 23.5. The smallest absolute Gasteiger partial charge is 0.256 e. The summed E-state index contributed by atoms with van der Waals surface area (Å²) in [5, 5.41) is 9.91. The van der Waals surface area contributed by atoms with Crippen LogP contribution in [0.25, 0.3) is 11.4 Å². The third kappa shape index (κ3) is 4.81. The molecular weight excluding hydrogens is 454 g/mol. The first-order valence-corrected chi connectivity index (χ1v) is 11.4. The van der Waals surface area contributed by atoms with E-state index in [9.17, 15) is 9.59 Å². The van der Waals surface area contributed by atoms with Gasteiger partial charge in [-0.2, -0.15) is 5.10 Å². The van der Waals surface area contributed by atoms with E-state index in [1.54, 1.807) is 21.6 Å². The summed E-state index contributed by atoms with van der Waals surface area (Å²) >= 11 is 5.36. The zero-order valence-electron chi connectivity index (χ0n) is 19.4. The quantitative estimate of drug-likeness (QED) is 0.498. The zero-order valence-corrected chi connectivity index (χ0v) is 20.2. The van der Waals surface area contributed by atoms with Crippen molar-refractivity contribution in [3.05, 3.63) is 52.3 Å². The van der Waals surface area contributed by atoms with Crippen molar-refractivity contribution in [3.63, 3.8) is 0 Å². The van der Waals surface area contributed by atoms with Gasteiger partial charge in [0.05, 0.1) is 25.5 Å². The minimum absolute atomic E-state index is 0.0791. The van der Waals surface area contributed by atoms with Gasteiger partial charge in [-0.25, -0.2) is 0 Å². The summed E-state index contributed by atoms with van der Waals surface area (Å²) in [6, 6.07) is 11.0. The summed E-state index contributed by atoms with van der Waals surface area (Å²) in [5.41, 5.74) is 2.65. The third-order valence-corrected chi connectivity index (χ3v) is 6.10. The van der Waals surface area contributed by atoms with Gasteiger partial charge in [0.25, 0.3) is 5.91 Å². The number of carbonyl (C=O) groups is 2. The summed E-state index contributed by atoms with van der Waals surface area (Å²) in [5.74, 6) is 0.876. The van der Waals surface area contributed by atoms with Crippen LogP contribution in [0.2, 0.25) is 0 Å². The molecule has 34 heavy (non-hydrogen) atoms. The number of benzene rings is 2. The lowest BCUT2D eigenvalue weighted by Gasteiger charge is -2.20. The molecule has 178 valence electrons. The minimum atomic E-state index is -0.353. The molecule has 2 N–H and O–H groups in total. The fraction of sp³-hybridized carbons (Fsp3) is 0.333. The molecule has 2 amide bonds. The average Bonchev–Trinajstić information content (AvgIpc) is 3.50. The molecule has 0 atom stereocenters. The van der Waals surface area contributed by atoms with Crippen molar-refractivity contribution in [2.45, 2.75) is 26.3 Å². The number of nitrogens with one attached hydrogen (secondary N) is 2. The number of aromatic nitrogens is 3. The van der Waals surface area contributed by atoms with Crippen molar-refractivity contribution in [1.29, 1.82) is 0 Å². The van der Waals surface area contributed by atoms with Crippen molar-refractivity contribution < 1.29 is 19.1 Å². The number of methoxy groups -OCH3 is 2. The van der Waals surface area contributed by atoms with Gasteiger partial charge in [-0.3, -0.25) is 19.3 Å². The second kappa shape index (κ2) is 10.1. The second-order valence-electron chi connectivity index (χ2n) is 8.10. The first-order valence-electron chi connectivity index (χ1n) is 11.0. The van der Waals surface area contributed by atoms with Crippen LogP contribution < -0.4 is 14.8 Å². The van der Waals surface area contributed by atoms with Gasteiger partial charge in [0.15, 0.2) is 22.1 Å². The second-order valence-corrected chi connectivity index (χ2v) is 8.49. The molecule has 1 fully saturated rings. The maximum absolute atomic E-state index is 13.2. The number of nitrogens with zero attached hydrogens (tertiary/aromatic N) is 3. The molecule has 0 aliphatic carbocycles. The predicted octanol–water partition coefficient (Wildman–Crippen LogP) is 3.81. The van der Waals surface area contributed by atoms with Gasteiger partial charge in [-0.05, 0) is 38.0 Å². The molecule has 0 bridgehead atoms. The van der Waals surface area contributed by atoms with E-state index in [1.807, 2.05) is 31.2 Å². The Morgan fingerprint density at radius 2 is 1.74 bits per heavy atom. The number of likely N-dealkylation sites (tertiary alicyclic amines) is 1. The lowest BCUT2D eigenvalue weighted by molar-refractivity contribution is -0.116. The Kier molecular flexibility index (Phi) is 6.97. The Bertz CT molecular complexity index is 1260. The van der Waals surface area contributed by atoms with Crippen molar-refractivity contribution in [2.75, 3.05) is 32.6 Å². The summed E-state index contributed by atoms with van der Waals surface area (Å²) in [6.45, 7) is 3.29. The zero-order chi connectivity index (χ0) is 24.2. The first-order chi connectivity index (χ1) is 16.4. The SMILES string of the molecule is COc1cc(NC(=O)Cn2c(-c3ccc(C)cc3)n[nH]c2=S)c(C(=O)N2CCCC2)cc1OC. The molecule has 4 rings (SSSR count). The summed E-state index contributed by atoms with van der Waals surface area (Å²) in [4.78, 5) is 28.1. The van der Waals surface area contributed by atoms with E-state index < -0.39 is 0 Å². The van der Waals surface area contributed by atoms with E-state index in [0.29, 0.717) is 46.4 Å². The average molecular weight is 482 g/mol. The molecule has 2 heterocycles. The van der Waals surface area contributed by atoms with Crippen molar-refractivity contribution >= 4 is 29.7 Å². The summed E-state index contributed by atoms with van der Waals surface area (Å²) in [6.07, 6.45) is 1.92. The van der Waals surface area contributed by atoms with E-state index >= 15 is 0 Å². The van der Waals surface area contributed by atoms with Crippen LogP contribution in [0.3, 0.4) is 0 Å². The molecule has 9 nitrogen and oxygen atoms in total. The molecule has 10 heteroatoms. The number of carbonyl (C=O) groups excluding carboxylic acids is 2. The molecule has 3 aromatic rings. The number of hydrogen-bond acceptors (Lipinski definition) is 6. The van der Waals surface area contributed by atoms with Crippen LogP contribution in [-0.4, -0.2) is 58.8 Å². The van der Waals surface area contributed by atoms with Gasteiger partial charge in [-0.1, -0.05) is 29.8 Å². The third-order valence-electron chi connectivity index (χ3n) is 5.79. The fourth-order valence-electron chi connectivity index (χ4n) is 3.97. The van der Waals surface area contributed by atoms with Gasteiger partial charge in [0.2, 0.25) is 5.91 Å². The number of aryl methyl sites for hydroxylation is 1. The normalized spacial score (nSPS) is 13.1. The van der Waals surface area contributed by atoms with E-state index in [0.717, 1.165) is 24.0 Å². The minimum Gasteiger partial charge on any atom is -0.493 e. The van der Waals surface area contributed by atoms with Crippen molar-refractivity contribution in [1.82, 2.24) is 19.7 Å². The van der Waals surface area contributed by atoms with Crippen LogP contribution in [0.1, 0.15) is 28.8 Å². The Morgan fingerprint density at radius 1 is 1.09 bits per heavy atom. The largest absolute Gasteiger partial charge is 0.493 e. The van der Waals surface area contributed by atoms with Crippen molar-refractivity contribution in [3.8, 4) is 22.9 Å². The molecule has 0 saturated carbocycles. The highest BCUT2D eigenvalue weighted by molar-refractivity contribution is 7.71. The topological polar surface area (TPSA) is 101 Å².